The number of hydrogen-bond donors (Lipinski definition) is 1. The number of aliphatic hydroxyl groups is 1. The van der Waals surface area contributed by atoms with Crippen molar-refractivity contribution in [2.75, 3.05) is 0 Å². The van der Waals surface area contributed by atoms with Gasteiger partial charge in [-0.3, -0.25) is 4.57 Å². The molecule has 3 aromatic rings. The number of aliphatic hydroxyl groups excluding tert-OH is 1. The maximum atomic E-state index is 11.5. The van der Waals surface area contributed by atoms with Crippen LogP contribution >= 0.6 is 0 Å². The first kappa shape index (κ1) is 13.6. The van der Waals surface area contributed by atoms with E-state index in [0.717, 1.165) is 22.2 Å². The molecule has 1 atom stereocenters. The maximum Gasteiger partial charge on any atom is 0.419 e. The zero-order chi connectivity index (χ0) is 15.1. The van der Waals surface area contributed by atoms with Crippen LogP contribution in [0.5, 0.6) is 0 Å². The van der Waals surface area contributed by atoms with Crippen LogP contribution < -0.4 is 5.76 Å². The summed E-state index contributed by atoms with van der Waals surface area (Å²) in [6, 6.07) is 11.3. The van der Waals surface area contributed by atoms with Crippen LogP contribution in [0.4, 0.5) is 0 Å². The summed E-state index contributed by atoms with van der Waals surface area (Å²) in [4.78, 5) is 11.5. The summed E-state index contributed by atoms with van der Waals surface area (Å²) in [5, 5.41) is 10.6. The van der Waals surface area contributed by atoms with E-state index in [-0.39, 0.29) is 0 Å². The average molecular weight is 283 g/mol. The van der Waals surface area contributed by atoms with Crippen molar-refractivity contribution in [1.29, 1.82) is 0 Å². The fraction of sp³-hybridized carbons (Fsp3) is 0.235. The van der Waals surface area contributed by atoms with Gasteiger partial charge in [0.05, 0.1) is 5.52 Å². The average Bonchev–Trinajstić information content (AvgIpc) is 2.75. The van der Waals surface area contributed by atoms with Crippen LogP contribution in [0.25, 0.3) is 11.1 Å². The molecule has 108 valence electrons. The van der Waals surface area contributed by atoms with Crippen molar-refractivity contribution < 1.29 is 9.52 Å². The number of benzene rings is 2. The minimum atomic E-state index is -0.736. The Morgan fingerprint density at radius 3 is 2.67 bits per heavy atom. The number of nitrogens with zero attached hydrogens (tertiary/aromatic N) is 1. The molecule has 0 amide bonds. The molecule has 3 rings (SSSR count). The second-order valence-electron chi connectivity index (χ2n) is 5.42. The smallest absolute Gasteiger partial charge is 0.408 e. The number of aryl methyl sites for hydroxylation is 3. The Balaban J connectivity index is 2.11. The lowest BCUT2D eigenvalue weighted by molar-refractivity contribution is 0.219. The highest BCUT2D eigenvalue weighted by molar-refractivity contribution is 5.74. The van der Waals surface area contributed by atoms with Gasteiger partial charge in [-0.25, -0.2) is 4.79 Å². The summed E-state index contributed by atoms with van der Waals surface area (Å²) in [6.07, 6.45) is -0.736. The van der Waals surface area contributed by atoms with Crippen molar-refractivity contribution in [3.8, 4) is 0 Å². The van der Waals surface area contributed by atoms with E-state index in [4.69, 9.17) is 4.42 Å². The highest BCUT2D eigenvalue weighted by atomic mass is 16.4. The van der Waals surface area contributed by atoms with Crippen molar-refractivity contribution in [2.45, 2.75) is 20.0 Å². The van der Waals surface area contributed by atoms with Crippen LogP contribution in [0.2, 0.25) is 0 Å². The van der Waals surface area contributed by atoms with E-state index in [1.165, 1.54) is 4.57 Å². The third-order valence-corrected chi connectivity index (χ3v) is 3.86. The SMILES string of the molecule is Cc1ccc(C)c(C(O)c2ccc3c(c2)oc(=O)n3C)c1. The van der Waals surface area contributed by atoms with Crippen LogP contribution in [0, 0.1) is 13.8 Å². The first-order chi connectivity index (χ1) is 9.97. The minimum Gasteiger partial charge on any atom is -0.408 e. The number of rotatable bonds is 2. The molecule has 0 aliphatic carbocycles. The van der Waals surface area contributed by atoms with Crippen molar-refractivity contribution in [3.63, 3.8) is 0 Å². The summed E-state index contributed by atoms with van der Waals surface area (Å²) in [5.74, 6) is -0.400. The molecule has 0 spiro atoms. The Hall–Kier alpha value is -2.33. The summed E-state index contributed by atoms with van der Waals surface area (Å²) in [7, 11) is 1.66. The zero-order valence-electron chi connectivity index (χ0n) is 12.3. The standard InChI is InChI=1S/C17H17NO3/c1-10-4-5-11(2)13(8-10)16(19)12-6-7-14-15(9-12)21-17(20)18(14)3/h4-9,16,19H,1-3H3. The summed E-state index contributed by atoms with van der Waals surface area (Å²) >= 11 is 0. The van der Waals surface area contributed by atoms with E-state index in [1.807, 2.05) is 38.1 Å². The van der Waals surface area contributed by atoms with Crippen LogP contribution in [-0.2, 0) is 7.05 Å². The number of fused-ring (bicyclic) bond motifs is 1. The molecule has 4 nitrogen and oxygen atoms in total. The maximum absolute atomic E-state index is 11.5. The second kappa shape index (κ2) is 4.90. The quantitative estimate of drug-likeness (QED) is 0.787. The van der Waals surface area contributed by atoms with Crippen LogP contribution in [0.15, 0.2) is 45.6 Å². The van der Waals surface area contributed by atoms with Gasteiger partial charge in [-0.2, -0.15) is 0 Å². The van der Waals surface area contributed by atoms with Gasteiger partial charge in [0.25, 0.3) is 0 Å². The van der Waals surface area contributed by atoms with Gasteiger partial charge in [0.1, 0.15) is 6.10 Å². The predicted octanol–water partition coefficient (Wildman–Crippen LogP) is 2.83. The molecule has 1 unspecified atom stereocenters. The monoisotopic (exact) mass is 283 g/mol. The van der Waals surface area contributed by atoms with E-state index in [2.05, 4.69) is 0 Å². The van der Waals surface area contributed by atoms with E-state index in [1.54, 1.807) is 19.2 Å². The normalized spacial score (nSPS) is 12.8. The van der Waals surface area contributed by atoms with Gasteiger partial charge < -0.3 is 9.52 Å². The Kier molecular flexibility index (Phi) is 3.18. The minimum absolute atomic E-state index is 0.400. The molecular weight excluding hydrogens is 266 g/mol. The summed E-state index contributed by atoms with van der Waals surface area (Å²) < 4.78 is 6.62. The van der Waals surface area contributed by atoms with Gasteiger partial charge in [-0.15, -0.1) is 0 Å². The first-order valence-electron chi connectivity index (χ1n) is 6.82. The van der Waals surface area contributed by atoms with Crippen LogP contribution in [0.3, 0.4) is 0 Å². The van der Waals surface area contributed by atoms with E-state index < -0.39 is 11.9 Å². The lowest BCUT2D eigenvalue weighted by Gasteiger charge is -2.15. The van der Waals surface area contributed by atoms with Gasteiger partial charge in [-0.05, 0) is 42.7 Å². The molecule has 0 bridgehead atoms. The Labute approximate surface area is 122 Å². The molecule has 0 saturated heterocycles. The fourth-order valence-corrected chi connectivity index (χ4v) is 2.55. The molecule has 0 fully saturated rings. The molecule has 0 saturated carbocycles. The summed E-state index contributed by atoms with van der Waals surface area (Å²) in [6.45, 7) is 3.97. The Morgan fingerprint density at radius 1 is 1.14 bits per heavy atom. The molecule has 2 aromatic carbocycles. The second-order valence-corrected chi connectivity index (χ2v) is 5.42. The molecule has 0 radical (unpaired) electrons. The van der Waals surface area contributed by atoms with Crippen molar-refractivity contribution in [1.82, 2.24) is 4.57 Å². The van der Waals surface area contributed by atoms with Gasteiger partial charge in [0, 0.05) is 7.05 Å². The number of aromatic nitrogens is 1. The van der Waals surface area contributed by atoms with Crippen molar-refractivity contribution in [3.05, 3.63) is 69.2 Å². The third kappa shape index (κ3) is 2.28. The van der Waals surface area contributed by atoms with Gasteiger partial charge in [0.15, 0.2) is 5.58 Å². The molecule has 0 aliphatic heterocycles. The van der Waals surface area contributed by atoms with Crippen LogP contribution in [-0.4, -0.2) is 9.67 Å². The Bertz CT molecular complexity index is 873. The molecule has 1 aromatic heterocycles. The molecule has 4 heteroatoms. The lowest BCUT2D eigenvalue weighted by atomic mass is 9.96. The lowest BCUT2D eigenvalue weighted by Crippen LogP contribution is -2.08. The fourth-order valence-electron chi connectivity index (χ4n) is 2.55. The van der Waals surface area contributed by atoms with Gasteiger partial charge in [0.2, 0.25) is 0 Å². The zero-order valence-corrected chi connectivity index (χ0v) is 12.3. The van der Waals surface area contributed by atoms with Gasteiger partial charge >= 0.3 is 5.76 Å². The highest BCUT2D eigenvalue weighted by Gasteiger charge is 2.15. The third-order valence-electron chi connectivity index (χ3n) is 3.86. The van der Waals surface area contributed by atoms with E-state index in [0.29, 0.717) is 11.1 Å². The predicted molar refractivity (Wildman–Crippen MR) is 81.4 cm³/mol. The van der Waals surface area contributed by atoms with Gasteiger partial charge in [-0.1, -0.05) is 29.8 Å². The molecule has 1 heterocycles. The molecule has 21 heavy (non-hydrogen) atoms. The largest absolute Gasteiger partial charge is 0.419 e. The number of hydrogen-bond acceptors (Lipinski definition) is 3. The molecular formula is C17H17NO3. The summed E-state index contributed by atoms with van der Waals surface area (Å²) in [5.41, 5.74) is 4.92. The number of oxazole rings is 1. The van der Waals surface area contributed by atoms with Crippen molar-refractivity contribution in [2.24, 2.45) is 7.05 Å². The Morgan fingerprint density at radius 2 is 1.90 bits per heavy atom. The first-order valence-corrected chi connectivity index (χ1v) is 6.82. The highest BCUT2D eigenvalue weighted by Crippen LogP contribution is 2.27. The van der Waals surface area contributed by atoms with Crippen molar-refractivity contribution >= 4 is 11.1 Å². The van der Waals surface area contributed by atoms with E-state index in [9.17, 15) is 9.90 Å². The molecule has 1 N–H and O–H groups in total. The molecule has 0 aliphatic rings. The van der Waals surface area contributed by atoms with Crippen LogP contribution in [0.1, 0.15) is 28.4 Å². The topological polar surface area (TPSA) is 55.4 Å². The van der Waals surface area contributed by atoms with E-state index >= 15 is 0 Å².